The molecule has 10 nitrogen and oxygen atoms in total. The van der Waals surface area contributed by atoms with Gasteiger partial charge >= 0.3 is 5.69 Å². The van der Waals surface area contributed by atoms with Crippen molar-refractivity contribution in [2.24, 2.45) is 0 Å². The van der Waals surface area contributed by atoms with Gasteiger partial charge in [0.25, 0.3) is 5.56 Å². The predicted molar refractivity (Wildman–Crippen MR) is 101 cm³/mol. The lowest BCUT2D eigenvalue weighted by atomic mass is 9.83. The molecule has 10 heteroatoms. The fraction of sp³-hybridized carbons (Fsp3) is 0.278. The van der Waals surface area contributed by atoms with Gasteiger partial charge in [0.15, 0.2) is 17.3 Å². The van der Waals surface area contributed by atoms with Crippen LogP contribution >= 0.6 is 0 Å². The number of aromatic nitrogens is 4. The van der Waals surface area contributed by atoms with Crippen LogP contribution in [0.2, 0.25) is 0 Å². The highest BCUT2D eigenvalue weighted by atomic mass is 16.5. The summed E-state index contributed by atoms with van der Waals surface area (Å²) in [6.07, 6.45) is 0. The molecule has 146 valence electrons. The molecule has 1 aromatic carbocycles. The molecule has 0 bridgehead atoms. The Morgan fingerprint density at radius 2 is 1.61 bits per heavy atom. The van der Waals surface area contributed by atoms with E-state index in [-0.39, 0.29) is 5.82 Å². The smallest absolute Gasteiger partial charge is 0.327 e. The summed E-state index contributed by atoms with van der Waals surface area (Å²) in [5.41, 5.74) is 1.47. The molecule has 1 unspecified atom stereocenters. The van der Waals surface area contributed by atoms with Crippen LogP contribution in [0.25, 0.3) is 0 Å². The fourth-order valence-electron chi connectivity index (χ4n) is 3.61. The van der Waals surface area contributed by atoms with Crippen LogP contribution in [0.15, 0.2) is 21.7 Å². The molecule has 1 aliphatic rings. The monoisotopic (exact) mass is 385 g/mol. The zero-order valence-corrected chi connectivity index (χ0v) is 15.7. The number of ether oxygens (including phenoxy) is 3. The average molecular weight is 385 g/mol. The number of fused-ring (bicyclic) bond motifs is 2. The van der Waals surface area contributed by atoms with Crippen LogP contribution in [0, 0.1) is 6.92 Å². The van der Waals surface area contributed by atoms with E-state index in [1.54, 1.807) is 12.1 Å². The van der Waals surface area contributed by atoms with Gasteiger partial charge in [0.2, 0.25) is 0 Å². The number of benzene rings is 1. The number of nitrogens with zero attached hydrogens (tertiary/aromatic N) is 1. The van der Waals surface area contributed by atoms with Crippen molar-refractivity contribution in [3.05, 3.63) is 55.4 Å². The minimum absolute atomic E-state index is 0.287. The molecular weight excluding hydrogens is 366 g/mol. The first-order valence-corrected chi connectivity index (χ1v) is 8.46. The van der Waals surface area contributed by atoms with Crippen molar-refractivity contribution in [3.8, 4) is 17.2 Å². The van der Waals surface area contributed by atoms with Crippen molar-refractivity contribution in [1.29, 1.82) is 0 Å². The first-order valence-electron chi connectivity index (χ1n) is 8.46. The third-order valence-corrected chi connectivity index (χ3v) is 4.84. The van der Waals surface area contributed by atoms with Gasteiger partial charge in [0.1, 0.15) is 11.6 Å². The lowest BCUT2D eigenvalue weighted by Gasteiger charge is -2.27. The number of hydrogen-bond donors (Lipinski definition) is 4. The van der Waals surface area contributed by atoms with Gasteiger partial charge in [-0.25, -0.2) is 4.79 Å². The van der Waals surface area contributed by atoms with Crippen molar-refractivity contribution in [3.63, 3.8) is 0 Å². The van der Waals surface area contributed by atoms with Gasteiger partial charge in [-0.3, -0.25) is 19.9 Å². The van der Waals surface area contributed by atoms with Gasteiger partial charge < -0.3 is 19.5 Å². The van der Waals surface area contributed by atoms with Crippen LogP contribution in [-0.4, -0.2) is 41.5 Å². The van der Waals surface area contributed by atoms with E-state index in [1.807, 2.05) is 6.92 Å². The fourth-order valence-corrected chi connectivity index (χ4v) is 3.61. The van der Waals surface area contributed by atoms with E-state index in [0.29, 0.717) is 34.2 Å². The van der Waals surface area contributed by atoms with Gasteiger partial charge in [-0.05, 0) is 13.0 Å². The number of methoxy groups -OCH3 is 3. The Kier molecular flexibility index (Phi) is 4.10. The molecule has 0 saturated carbocycles. The number of H-pyrrole nitrogens is 3. The SMILES string of the molecule is COc1cc(OC)c(C2c3c(n[nH]c3C)Nc3[nH]c(=O)[nH]c(=O)c32)cc1OC. The van der Waals surface area contributed by atoms with Crippen molar-refractivity contribution < 1.29 is 14.2 Å². The maximum atomic E-state index is 12.7. The van der Waals surface area contributed by atoms with Crippen LogP contribution in [0.5, 0.6) is 17.2 Å². The standard InChI is InChI=1S/C18H19N5O5/c1-7-12-13(8-5-10(27-3)11(28-4)6-9(8)26-2)14-15(19-16(12)23-22-7)20-18(25)21-17(14)24/h5-6,13H,1-4H3,(H4,19,20,21,22,23,24,25). The number of aryl methyl sites for hydroxylation is 1. The number of hydrogen-bond acceptors (Lipinski definition) is 7. The van der Waals surface area contributed by atoms with E-state index < -0.39 is 17.2 Å². The van der Waals surface area contributed by atoms with E-state index in [9.17, 15) is 9.59 Å². The molecule has 28 heavy (non-hydrogen) atoms. The summed E-state index contributed by atoms with van der Waals surface area (Å²) in [5.74, 6) is 1.74. The average Bonchev–Trinajstić information content (AvgIpc) is 3.05. The Labute approximate surface area is 158 Å². The lowest BCUT2D eigenvalue weighted by Crippen LogP contribution is -2.32. The number of anilines is 2. The quantitative estimate of drug-likeness (QED) is 0.417. The molecule has 3 heterocycles. The Morgan fingerprint density at radius 1 is 0.929 bits per heavy atom. The van der Waals surface area contributed by atoms with E-state index >= 15 is 0 Å². The van der Waals surface area contributed by atoms with Gasteiger partial charge in [-0.15, -0.1) is 0 Å². The Hall–Kier alpha value is -3.69. The molecule has 4 N–H and O–H groups in total. The molecule has 0 radical (unpaired) electrons. The Morgan fingerprint density at radius 3 is 2.29 bits per heavy atom. The first kappa shape index (κ1) is 17.7. The lowest BCUT2D eigenvalue weighted by molar-refractivity contribution is 0.347. The summed E-state index contributed by atoms with van der Waals surface area (Å²) < 4.78 is 16.4. The zero-order valence-electron chi connectivity index (χ0n) is 15.7. The molecule has 0 aliphatic carbocycles. The van der Waals surface area contributed by atoms with E-state index in [2.05, 4.69) is 25.5 Å². The summed E-state index contributed by atoms with van der Waals surface area (Å²) in [7, 11) is 4.60. The first-order chi connectivity index (χ1) is 13.5. The minimum atomic E-state index is -0.606. The summed E-state index contributed by atoms with van der Waals surface area (Å²) in [4.78, 5) is 29.5. The topological polar surface area (TPSA) is 134 Å². The molecular formula is C18H19N5O5. The van der Waals surface area contributed by atoms with E-state index in [0.717, 1.165) is 11.3 Å². The van der Waals surface area contributed by atoms with Crippen LogP contribution in [0.1, 0.15) is 28.3 Å². The number of aromatic amines is 3. The van der Waals surface area contributed by atoms with Gasteiger partial charge in [0, 0.05) is 22.9 Å². The molecule has 0 saturated heterocycles. The Balaban J connectivity index is 2.07. The summed E-state index contributed by atoms with van der Waals surface area (Å²) >= 11 is 0. The highest BCUT2D eigenvalue weighted by Gasteiger charge is 2.36. The second-order valence-corrected chi connectivity index (χ2v) is 6.31. The van der Waals surface area contributed by atoms with E-state index in [1.165, 1.54) is 21.3 Å². The van der Waals surface area contributed by atoms with Gasteiger partial charge in [-0.1, -0.05) is 0 Å². The van der Waals surface area contributed by atoms with Crippen molar-refractivity contribution in [2.45, 2.75) is 12.8 Å². The molecule has 1 atom stereocenters. The summed E-state index contributed by atoms with van der Waals surface area (Å²) in [5, 5.41) is 10.2. The predicted octanol–water partition coefficient (Wildman–Crippen LogP) is 1.36. The van der Waals surface area contributed by atoms with Crippen LogP contribution in [0.4, 0.5) is 11.6 Å². The van der Waals surface area contributed by atoms with E-state index in [4.69, 9.17) is 14.2 Å². The maximum absolute atomic E-state index is 12.7. The third kappa shape index (κ3) is 2.53. The molecule has 0 spiro atoms. The second-order valence-electron chi connectivity index (χ2n) is 6.31. The van der Waals surface area contributed by atoms with Gasteiger partial charge in [0.05, 0.1) is 32.8 Å². The Bertz CT molecular complexity index is 1180. The zero-order chi connectivity index (χ0) is 20.0. The van der Waals surface area contributed by atoms with Gasteiger partial charge in [-0.2, -0.15) is 5.10 Å². The molecule has 0 amide bonds. The largest absolute Gasteiger partial charge is 0.496 e. The second kappa shape index (κ2) is 6.48. The van der Waals surface area contributed by atoms with Crippen molar-refractivity contribution >= 4 is 11.6 Å². The van der Waals surface area contributed by atoms with Crippen molar-refractivity contribution in [1.82, 2.24) is 20.2 Å². The third-order valence-electron chi connectivity index (χ3n) is 4.84. The summed E-state index contributed by atoms with van der Waals surface area (Å²) in [6, 6.07) is 3.46. The van der Waals surface area contributed by atoms with Crippen LogP contribution in [-0.2, 0) is 0 Å². The van der Waals surface area contributed by atoms with Crippen LogP contribution in [0.3, 0.4) is 0 Å². The molecule has 4 rings (SSSR count). The van der Waals surface area contributed by atoms with Crippen molar-refractivity contribution in [2.75, 3.05) is 26.6 Å². The maximum Gasteiger partial charge on any atom is 0.327 e. The minimum Gasteiger partial charge on any atom is -0.496 e. The number of nitrogens with one attached hydrogen (secondary N) is 4. The highest BCUT2D eigenvalue weighted by Crippen LogP contribution is 2.48. The summed E-state index contributed by atoms with van der Waals surface area (Å²) in [6.45, 7) is 1.86. The molecule has 3 aromatic rings. The highest BCUT2D eigenvalue weighted by molar-refractivity contribution is 5.72. The van der Waals surface area contributed by atoms with Crippen LogP contribution < -0.4 is 30.8 Å². The number of rotatable bonds is 4. The molecule has 1 aliphatic heterocycles. The molecule has 0 fully saturated rings. The molecule has 2 aromatic heterocycles. The normalized spacial score (nSPS) is 14.6.